The topological polar surface area (TPSA) is 71.9 Å². The van der Waals surface area contributed by atoms with Crippen LogP contribution in [0.1, 0.15) is 34.3 Å². The number of carbonyl (C=O) groups is 1. The molecule has 3 rings (SSSR count). The largest absolute Gasteiger partial charge is 0.495 e. The van der Waals surface area contributed by atoms with Crippen LogP contribution in [0.4, 0.5) is 5.69 Å². The molecule has 1 amide bonds. The molecule has 1 heterocycles. The predicted octanol–water partition coefficient (Wildman–Crippen LogP) is 4.34. The number of guanidine groups is 1. The second-order valence-electron chi connectivity index (χ2n) is 7.05. The Kier molecular flexibility index (Phi) is 7.12. The van der Waals surface area contributed by atoms with Crippen LogP contribution in [-0.4, -0.2) is 38.2 Å². The van der Waals surface area contributed by atoms with E-state index in [0.29, 0.717) is 34.5 Å². The van der Waals surface area contributed by atoms with E-state index < -0.39 is 0 Å². The van der Waals surface area contributed by atoms with Gasteiger partial charge in [-0.3, -0.25) is 10.1 Å². The summed E-state index contributed by atoms with van der Waals surface area (Å²) < 4.78 is 11.0. The maximum absolute atomic E-state index is 12.8. The van der Waals surface area contributed by atoms with E-state index in [0.717, 1.165) is 30.6 Å². The number of ether oxygens (including phenoxy) is 2. The van der Waals surface area contributed by atoms with Gasteiger partial charge in [-0.1, -0.05) is 17.7 Å². The van der Waals surface area contributed by atoms with Gasteiger partial charge in [0.15, 0.2) is 0 Å². The summed E-state index contributed by atoms with van der Waals surface area (Å²) in [5.74, 6) is 0.677. The number of carbonyl (C=O) groups excluding carboxylic acids is 1. The summed E-state index contributed by atoms with van der Waals surface area (Å²) in [6.07, 6.45) is 2.05. The summed E-state index contributed by atoms with van der Waals surface area (Å²) in [7, 11) is 1.57. The zero-order chi connectivity index (χ0) is 20.8. The highest BCUT2D eigenvalue weighted by molar-refractivity contribution is 6.31. The van der Waals surface area contributed by atoms with Gasteiger partial charge in [0, 0.05) is 17.2 Å². The standard InChI is InChI=1S/C22H26ClN3O3/c1-14-6-7-16(11-15(14)2)21(27)26-22(24-13-18-5-4-10-29-18)25-19-12-17(23)8-9-20(19)28-3/h6-9,11-12,18H,4-5,10,13H2,1-3H3,(H2,24,25,26,27)/t18-/m1/s1. The van der Waals surface area contributed by atoms with Crippen LogP contribution in [0.15, 0.2) is 41.4 Å². The molecule has 7 heteroatoms. The molecule has 154 valence electrons. The fourth-order valence-corrected chi connectivity index (χ4v) is 3.23. The molecule has 1 aliphatic rings. The molecule has 1 fully saturated rings. The molecule has 0 bridgehead atoms. The van der Waals surface area contributed by atoms with E-state index >= 15 is 0 Å². The van der Waals surface area contributed by atoms with Crippen LogP contribution in [0.2, 0.25) is 5.02 Å². The number of nitrogens with one attached hydrogen (secondary N) is 2. The van der Waals surface area contributed by atoms with Gasteiger partial charge in [0.05, 0.1) is 25.4 Å². The van der Waals surface area contributed by atoms with E-state index in [4.69, 9.17) is 21.1 Å². The molecule has 0 aromatic heterocycles. The Hall–Kier alpha value is -2.57. The molecule has 0 unspecified atom stereocenters. The van der Waals surface area contributed by atoms with Crippen LogP contribution in [0.25, 0.3) is 0 Å². The molecule has 2 N–H and O–H groups in total. The highest BCUT2D eigenvalue weighted by Crippen LogP contribution is 2.27. The van der Waals surface area contributed by atoms with Crippen LogP contribution < -0.4 is 15.4 Å². The van der Waals surface area contributed by atoms with Gasteiger partial charge in [-0.25, -0.2) is 4.99 Å². The molecule has 29 heavy (non-hydrogen) atoms. The fourth-order valence-electron chi connectivity index (χ4n) is 3.06. The highest BCUT2D eigenvalue weighted by atomic mass is 35.5. The lowest BCUT2D eigenvalue weighted by atomic mass is 10.1. The second kappa shape index (κ2) is 9.76. The lowest BCUT2D eigenvalue weighted by molar-refractivity contribution is 0.0975. The summed E-state index contributed by atoms with van der Waals surface area (Å²) in [5.41, 5.74) is 3.37. The van der Waals surface area contributed by atoms with Crippen molar-refractivity contribution >= 4 is 29.2 Å². The van der Waals surface area contributed by atoms with Crippen molar-refractivity contribution in [2.24, 2.45) is 4.99 Å². The van der Waals surface area contributed by atoms with Crippen LogP contribution in [0.5, 0.6) is 5.75 Å². The Morgan fingerprint density at radius 3 is 2.76 bits per heavy atom. The molecule has 0 radical (unpaired) electrons. The minimum atomic E-state index is -0.243. The number of hydrogen-bond donors (Lipinski definition) is 2. The Labute approximate surface area is 176 Å². The van der Waals surface area contributed by atoms with Crippen molar-refractivity contribution in [3.8, 4) is 5.75 Å². The van der Waals surface area contributed by atoms with Crippen LogP contribution in [-0.2, 0) is 4.74 Å². The molecular weight excluding hydrogens is 390 g/mol. The number of benzene rings is 2. The quantitative estimate of drug-likeness (QED) is 0.562. The number of aryl methyl sites for hydroxylation is 2. The molecule has 0 spiro atoms. The van der Waals surface area contributed by atoms with Crippen LogP contribution in [0, 0.1) is 13.8 Å². The van der Waals surface area contributed by atoms with Crippen molar-refractivity contribution in [3.63, 3.8) is 0 Å². The van der Waals surface area contributed by atoms with Crippen molar-refractivity contribution in [2.75, 3.05) is 25.6 Å². The van der Waals surface area contributed by atoms with E-state index in [1.807, 2.05) is 26.0 Å². The Morgan fingerprint density at radius 2 is 2.07 bits per heavy atom. The normalized spacial score (nSPS) is 16.6. The first kappa shape index (κ1) is 21.1. The maximum Gasteiger partial charge on any atom is 0.257 e. The number of anilines is 1. The zero-order valence-electron chi connectivity index (χ0n) is 16.9. The van der Waals surface area contributed by atoms with Gasteiger partial charge in [-0.05, 0) is 68.1 Å². The first-order valence-corrected chi connectivity index (χ1v) is 9.99. The van der Waals surface area contributed by atoms with Gasteiger partial charge in [0.25, 0.3) is 5.91 Å². The van der Waals surface area contributed by atoms with Gasteiger partial charge in [0.1, 0.15) is 5.75 Å². The van der Waals surface area contributed by atoms with Crippen molar-refractivity contribution in [1.29, 1.82) is 0 Å². The van der Waals surface area contributed by atoms with Gasteiger partial charge >= 0.3 is 0 Å². The summed E-state index contributed by atoms with van der Waals surface area (Å²) in [4.78, 5) is 17.4. The smallest absolute Gasteiger partial charge is 0.257 e. The number of amides is 1. The lowest BCUT2D eigenvalue weighted by Gasteiger charge is -2.16. The van der Waals surface area contributed by atoms with Crippen LogP contribution >= 0.6 is 11.6 Å². The molecule has 1 saturated heterocycles. The van der Waals surface area contributed by atoms with Crippen molar-refractivity contribution in [2.45, 2.75) is 32.8 Å². The molecule has 0 aliphatic carbocycles. The number of hydrogen-bond acceptors (Lipinski definition) is 4. The molecule has 0 saturated carbocycles. The number of aliphatic imine (C=N–C) groups is 1. The summed E-state index contributed by atoms with van der Waals surface area (Å²) in [5, 5.41) is 6.56. The summed E-state index contributed by atoms with van der Waals surface area (Å²) >= 11 is 6.13. The Bertz CT molecular complexity index is 908. The number of methoxy groups -OCH3 is 1. The van der Waals surface area contributed by atoms with E-state index in [1.54, 1.807) is 31.4 Å². The molecule has 1 aliphatic heterocycles. The summed E-state index contributed by atoms with van der Waals surface area (Å²) in [6.45, 7) is 5.20. The lowest BCUT2D eigenvalue weighted by Crippen LogP contribution is -2.37. The molecule has 6 nitrogen and oxygen atoms in total. The third-order valence-electron chi connectivity index (χ3n) is 4.89. The molecule has 2 aromatic carbocycles. The average molecular weight is 416 g/mol. The second-order valence-corrected chi connectivity index (χ2v) is 7.48. The average Bonchev–Trinajstić information content (AvgIpc) is 3.22. The van der Waals surface area contributed by atoms with Gasteiger partial charge in [-0.2, -0.15) is 0 Å². The zero-order valence-corrected chi connectivity index (χ0v) is 17.7. The van der Waals surface area contributed by atoms with Crippen molar-refractivity contribution in [3.05, 3.63) is 58.1 Å². The number of halogens is 1. The van der Waals surface area contributed by atoms with Crippen LogP contribution in [0.3, 0.4) is 0 Å². The molecular formula is C22H26ClN3O3. The van der Waals surface area contributed by atoms with Gasteiger partial charge in [0.2, 0.25) is 5.96 Å². The number of nitrogens with zero attached hydrogens (tertiary/aromatic N) is 1. The Morgan fingerprint density at radius 1 is 1.24 bits per heavy atom. The van der Waals surface area contributed by atoms with Gasteiger partial charge < -0.3 is 14.8 Å². The van der Waals surface area contributed by atoms with Crippen molar-refractivity contribution < 1.29 is 14.3 Å². The minimum Gasteiger partial charge on any atom is -0.495 e. The van der Waals surface area contributed by atoms with E-state index in [1.165, 1.54) is 0 Å². The third kappa shape index (κ3) is 5.71. The van der Waals surface area contributed by atoms with E-state index in [2.05, 4.69) is 15.6 Å². The minimum absolute atomic E-state index is 0.0616. The first-order valence-electron chi connectivity index (χ1n) is 9.61. The Balaban J connectivity index is 1.82. The third-order valence-corrected chi connectivity index (χ3v) is 5.13. The maximum atomic E-state index is 12.8. The molecule has 2 aromatic rings. The predicted molar refractivity (Wildman–Crippen MR) is 116 cm³/mol. The fraction of sp³-hybridized carbons (Fsp3) is 0.364. The van der Waals surface area contributed by atoms with E-state index in [9.17, 15) is 4.79 Å². The number of rotatable bonds is 5. The van der Waals surface area contributed by atoms with E-state index in [-0.39, 0.29) is 12.0 Å². The SMILES string of the molecule is COc1ccc(Cl)cc1NC(=NC[C@H]1CCCO1)NC(=O)c1ccc(C)c(C)c1. The van der Waals surface area contributed by atoms with Gasteiger partial charge in [-0.15, -0.1) is 0 Å². The van der Waals surface area contributed by atoms with Crippen molar-refractivity contribution in [1.82, 2.24) is 5.32 Å². The highest BCUT2D eigenvalue weighted by Gasteiger charge is 2.17. The summed E-state index contributed by atoms with van der Waals surface area (Å²) in [6, 6.07) is 10.8. The molecule has 1 atom stereocenters. The monoisotopic (exact) mass is 415 g/mol. The first-order chi connectivity index (χ1) is 14.0.